The second kappa shape index (κ2) is 7.19. The van der Waals surface area contributed by atoms with Crippen molar-refractivity contribution < 1.29 is 19.2 Å². The summed E-state index contributed by atoms with van der Waals surface area (Å²) in [5, 5.41) is 3.39. The molecule has 9 heteroatoms. The lowest BCUT2D eigenvalue weighted by molar-refractivity contribution is -0.144. The topological polar surface area (TPSA) is 86.8 Å². The van der Waals surface area contributed by atoms with Gasteiger partial charge in [-0.25, -0.2) is 9.69 Å². The Hall–Kier alpha value is -2.12. The third-order valence-electron chi connectivity index (χ3n) is 3.57. The van der Waals surface area contributed by atoms with E-state index in [1.54, 1.807) is 32.0 Å². The summed E-state index contributed by atoms with van der Waals surface area (Å²) in [6, 6.07) is 3.72. The van der Waals surface area contributed by atoms with E-state index in [0.29, 0.717) is 20.5 Å². The molecule has 1 heterocycles. The summed E-state index contributed by atoms with van der Waals surface area (Å²) in [5.74, 6) is -2.49. The van der Waals surface area contributed by atoms with Gasteiger partial charge in [0.05, 0.1) is 16.1 Å². The number of hydrogen-bond donors (Lipinski definition) is 1. The Labute approximate surface area is 148 Å². The summed E-state index contributed by atoms with van der Waals surface area (Å²) in [6.45, 7) is 2.83. The molecule has 1 atom stereocenters. The van der Waals surface area contributed by atoms with E-state index in [-0.39, 0.29) is 6.54 Å². The molecule has 24 heavy (non-hydrogen) atoms. The summed E-state index contributed by atoms with van der Waals surface area (Å²) >= 11 is 11.8. The summed E-state index contributed by atoms with van der Waals surface area (Å²) in [4.78, 5) is 48.8. The van der Waals surface area contributed by atoms with E-state index in [0.717, 1.165) is 4.90 Å². The fourth-order valence-electron chi connectivity index (χ4n) is 2.26. The first-order valence-corrected chi connectivity index (χ1v) is 7.93. The van der Waals surface area contributed by atoms with E-state index in [1.165, 1.54) is 0 Å². The van der Waals surface area contributed by atoms with Crippen molar-refractivity contribution in [3.05, 3.63) is 33.8 Å². The van der Waals surface area contributed by atoms with Crippen LogP contribution in [0.1, 0.15) is 25.5 Å². The predicted molar refractivity (Wildman–Crippen MR) is 87.5 cm³/mol. The van der Waals surface area contributed by atoms with Gasteiger partial charge in [0, 0.05) is 6.54 Å². The molecular formula is C15H15Cl2N3O4. The number of nitrogens with one attached hydrogen (secondary N) is 1. The summed E-state index contributed by atoms with van der Waals surface area (Å²) in [7, 11) is 0. The van der Waals surface area contributed by atoms with Gasteiger partial charge in [0.15, 0.2) is 0 Å². The average molecular weight is 372 g/mol. The number of halogens is 2. The predicted octanol–water partition coefficient (Wildman–Crippen LogP) is 1.98. The van der Waals surface area contributed by atoms with Crippen LogP contribution in [0.4, 0.5) is 4.79 Å². The van der Waals surface area contributed by atoms with E-state index >= 15 is 0 Å². The minimum absolute atomic E-state index is 0.0706. The number of likely N-dealkylation sites (N-methyl/N-ethyl adjacent to an activating group) is 1. The van der Waals surface area contributed by atoms with Crippen LogP contribution in [0.5, 0.6) is 0 Å². The highest BCUT2D eigenvalue weighted by Crippen LogP contribution is 2.25. The Morgan fingerprint density at radius 1 is 1.12 bits per heavy atom. The number of carbonyl (C=O) groups excluding carboxylic acids is 4. The lowest BCUT2D eigenvalue weighted by atomic mass is 10.1. The van der Waals surface area contributed by atoms with Crippen LogP contribution in [-0.4, -0.2) is 46.6 Å². The molecule has 128 valence electrons. The average Bonchev–Trinajstić information content (AvgIpc) is 2.73. The van der Waals surface area contributed by atoms with Crippen molar-refractivity contribution in [3.8, 4) is 0 Å². The van der Waals surface area contributed by atoms with Gasteiger partial charge < -0.3 is 5.32 Å². The fourth-order valence-corrected chi connectivity index (χ4v) is 2.57. The van der Waals surface area contributed by atoms with E-state index in [9.17, 15) is 19.2 Å². The fraction of sp³-hybridized carbons (Fsp3) is 0.333. The molecule has 0 radical (unpaired) electrons. The maximum atomic E-state index is 12.1. The lowest BCUT2D eigenvalue weighted by Crippen LogP contribution is -2.42. The SMILES string of the molecule is CCN1C(=O)C(=O)N(CC(=O)N[C@@H](C)c2ccc(Cl)c(Cl)c2)C1=O. The van der Waals surface area contributed by atoms with Crippen LogP contribution in [0.3, 0.4) is 0 Å². The first kappa shape index (κ1) is 18.2. The monoisotopic (exact) mass is 371 g/mol. The highest BCUT2D eigenvalue weighted by atomic mass is 35.5. The summed E-state index contributed by atoms with van der Waals surface area (Å²) in [5.41, 5.74) is 0.711. The zero-order valence-electron chi connectivity index (χ0n) is 13.0. The number of amides is 5. The van der Waals surface area contributed by atoms with Crippen molar-refractivity contribution in [1.29, 1.82) is 0 Å². The molecule has 5 amide bonds. The van der Waals surface area contributed by atoms with Crippen LogP contribution in [-0.2, 0) is 14.4 Å². The molecule has 1 aromatic carbocycles. The minimum atomic E-state index is -1.00. The highest BCUT2D eigenvalue weighted by molar-refractivity contribution is 6.45. The van der Waals surface area contributed by atoms with Gasteiger partial charge in [0.2, 0.25) is 5.91 Å². The van der Waals surface area contributed by atoms with Crippen LogP contribution >= 0.6 is 23.2 Å². The number of carbonyl (C=O) groups is 4. The molecule has 1 aliphatic rings. The molecule has 0 unspecified atom stereocenters. The summed E-state index contributed by atoms with van der Waals surface area (Å²) < 4.78 is 0. The third kappa shape index (κ3) is 3.52. The number of rotatable bonds is 5. The van der Waals surface area contributed by atoms with Crippen molar-refractivity contribution in [2.75, 3.05) is 13.1 Å². The number of urea groups is 1. The molecule has 0 spiro atoms. The Balaban J connectivity index is 2.02. The molecule has 2 rings (SSSR count). The number of benzene rings is 1. The first-order valence-electron chi connectivity index (χ1n) is 7.17. The van der Waals surface area contributed by atoms with Gasteiger partial charge in [-0.15, -0.1) is 0 Å². The maximum absolute atomic E-state index is 12.1. The minimum Gasteiger partial charge on any atom is -0.348 e. The first-order chi connectivity index (χ1) is 11.3. The zero-order chi connectivity index (χ0) is 18.0. The van der Waals surface area contributed by atoms with Crippen LogP contribution in [0.15, 0.2) is 18.2 Å². The van der Waals surface area contributed by atoms with Gasteiger partial charge >= 0.3 is 17.8 Å². The van der Waals surface area contributed by atoms with E-state index in [1.807, 2.05) is 0 Å². The van der Waals surface area contributed by atoms with Gasteiger partial charge in [-0.05, 0) is 31.5 Å². The lowest BCUT2D eigenvalue weighted by Gasteiger charge is -2.18. The van der Waals surface area contributed by atoms with E-state index in [2.05, 4.69) is 5.32 Å². The van der Waals surface area contributed by atoms with Gasteiger partial charge in [0.25, 0.3) is 0 Å². The maximum Gasteiger partial charge on any atom is 0.334 e. The van der Waals surface area contributed by atoms with Crippen LogP contribution in [0, 0.1) is 0 Å². The molecule has 1 saturated heterocycles. The van der Waals surface area contributed by atoms with Gasteiger partial charge in [-0.2, -0.15) is 0 Å². The molecular weight excluding hydrogens is 357 g/mol. The largest absolute Gasteiger partial charge is 0.348 e. The Bertz CT molecular complexity index is 723. The van der Waals surface area contributed by atoms with Crippen molar-refractivity contribution in [2.24, 2.45) is 0 Å². The smallest absolute Gasteiger partial charge is 0.334 e. The van der Waals surface area contributed by atoms with Crippen molar-refractivity contribution in [1.82, 2.24) is 15.1 Å². The number of imide groups is 2. The van der Waals surface area contributed by atoms with Crippen molar-refractivity contribution in [3.63, 3.8) is 0 Å². The Morgan fingerprint density at radius 2 is 1.75 bits per heavy atom. The quantitative estimate of drug-likeness (QED) is 0.633. The van der Waals surface area contributed by atoms with Gasteiger partial charge in [-0.1, -0.05) is 29.3 Å². The van der Waals surface area contributed by atoms with Crippen LogP contribution in [0.25, 0.3) is 0 Å². The van der Waals surface area contributed by atoms with E-state index in [4.69, 9.17) is 23.2 Å². The van der Waals surface area contributed by atoms with E-state index < -0.39 is 36.3 Å². The molecule has 0 bridgehead atoms. The molecule has 1 aromatic rings. The van der Waals surface area contributed by atoms with Crippen molar-refractivity contribution >= 4 is 47.0 Å². The zero-order valence-corrected chi connectivity index (χ0v) is 14.5. The van der Waals surface area contributed by atoms with Crippen LogP contribution in [0.2, 0.25) is 10.0 Å². The molecule has 0 saturated carbocycles. The molecule has 0 aromatic heterocycles. The summed E-state index contributed by atoms with van der Waals surface area (Å²) in [6.07, 6.45) is 0. The van der Waals surface area contributed by atoms with Gasteiger partial charge in [-0.3, -0.25) is 19.3 Å². The molecule has 1 fully saturated rings. The second-order valence-corrected chi connectivity index (χ2v) is 6.00. The highest BCUT2D eigenvalue weighted by Gasteiger charge is 2.44. The standard InChI is InChI=1S/C15H15Cl2N3O4/c1-3-19-13(22)14(23)20(15(19)24)7-12(21)18-8(2)9-4-5-10(16)11(17)6-9/h4-6,8H,3,7H2,1-2H3,(H,18,21)/t8-/m0/s1. The molecule has 0 aliphatic carbocycles. The normalized spacial score (nSPS) is 15.9. The number of nitrogens with zero attached hydrogens (tertiary/aromatic N) is 2. The molecule has 1 aliphatic heterocycles. The number of hydrogen-bond acceptors (Lipinski definition) is 4. The van der Waals surface area contributed by atoms with Crippen molar-refractivity contribution in [2.45, 2.75) is 19.9 Å². The molecule has 7 nitrogen and oxygen atoms in total. The third-order valence-corrected chi connectivity index (χ3v) is 4.31. The van der Waals surface area contributed by atoms with Gasteiger partial charge in [0.1, 0.15) is 6.54 Å². The Kier molecular flexibility index (Phi) is 5.46. The van der Waals surface area contributed by atoms with Crippen LogP contribution < -0.4 is 5.32 Å². The molecule has 1 N–H and O–H groups in total. The second-order valence-electron chi connectivity index (χ2n) is 5.19. The Morgan fingerprint density at radius 3 is 2.29 bits per heavy atom.